The molecule has 1 N–H and O–H groups in total. The van der Waals surface area contributed by atoms with Gasteiger partial charge in [-0.15, -0.1) is 0 Å². The van der Waals surface area contributed by atoms with Crippen molar-refractivity contribution in [3.63, 3.8) is 0 Å². The van der Waals surface area contributed by atoms with Crippen molar-refractivity contribution in [1.29, 1.82) is 0 Å². The number of imidazole rings is 2. The van der Waals surface area contributed by atoms with Gasteiger partial charge in [-0.25, -0.2) is 4.79 Å². The lowest BCUT2D eigenvalue weighted by Crippen LogP contribution is -2.39. The molecule has 4 aromatic rings. The first-order valence-corrected chi connectivity index (χ1v) is 9.91. The summed E-state index contributed by atoms with van der Waals surface area (Å²) in [7, 11) is 1.60. The van der Waals surface area contributed by atoms with Gasteiger partial charge in [0.25, 0.3) is 5.56 Å². The molecule has 0 unspecified atom stereocenters. The maximum Gasteiger partial charge on any atom is 0.332 e. The van der Waals surface area contributed by atoms with Crippen molar-refractivity contribution in [2.24, 2.45) is 7.05 Å². The molecule has 0 aliphatic carbocycles. The second kappa shape index (κ2) is 8.10. The van der Waals surface area contributed by atoms with Crippen LogP contribution in [-0.4, -0.2) is 48.0 Å². The Balaban J connectivity index is 1.85. The van der Waals surface area contributed by atoms with Gasteiger partial charge in [0.1, 0.15) is 0 Å². The molecule has 9 nitrogen and oxygen atoms in total. The van der Waals surface area contributed by atoms with Gasteiger partial charge in [-0.1, -0.05) is 23.7 Å². The molecule has 0 aliphatic heterocycles. The molecular weight excluding hydrogens is 410 g/mol. The highest BCUT2D eigenvalue weighted by Crippen LogP contribution is 2.17. The van der Waals surface area contributed by atoms with Crippen LogP contribution in [0.1, 0.15) is 11.3 Å². The number of hydrogen-bond acceptors (Lipinski definition) is 5. The van der Waals surface area contributed by atoms with Crippen molar-refractivity contribution in [2.75, 3.05) is 19.8 Å². The minimum Gasteiger partial charge on any atom is -0.394 e. The molecule has 3 aromatic heterocycles. The Hall–Kier alpha value is -2.88. The Morgan fingerprint density at radius 1 is 1.20 bits per heavy atom. The third-order valence-electron chi connectivity index (χ3n) is 5.07. The van der Waals surface area contributed by atoms with Gasteiger partial charge in [0, 0.05) is 30.5 Å². The van der Waals surface area contributed by atoms with E-state index in [9.17, 15) is 9.59 Å². The zero-order valence-corrected chi connectivity index (χ0v) is 17.5. The number of rotatable bonds is 7. The van der Waals surface area contributed by atoms with Gasteiger partial charge >= 0.3 is 5.69 Å². The molecule has 0 aliphatic rings. The maximum absolute atomic E-state index is 13.3. The Morgan fingerprint density at radius 2 is 2.00 bits per heavy atom. The van der Waals surface area contributed by atoms with E-state index in [1.54, 1.807) is 29.6 Å². The molecule has 0 fully saturated rings. The first kappa shape index (κ1) is 20.4. The molecule has 158 valence electrons. The largest absolute Gasteiger partial charge is 0.394 e. The number of halogens is 1. The van der Waals surface area contributed by atoms with Crippen molar-refractivity contribution in [1.82, 2.24) is 23.1 Å². The fraction of sp³-hybridized carbons (Fsp3) is 0.350. The minimum atomic E-state index is -0.442. The Bertz CT molecular complexity index is 1350. The number of hydrogen-bond donors (Lipinski definition) is 1. The fourth-order valence-corrected chi connectivity index (χ4v) is 3.82. The van der Waals surface area contributed by atoms with Crippen LogP contribution in [0.25, 0.3) is 16.9 Å². The van der Waals surface area contributed by atoms with Gasteiger partial charge in [-0.2, -0.15) is 4.98 Å². The van der Waals surface area contributed by atoms with Gasteiger partial charge in [0.2, 0.25) is 5.78 Å². The molecular formula is C20H22ClN5O4. The quantitative estimate of drug-likeness (QED) is 0.443. The molecule has 30 heavy (non-hydrogen) atoms. The topological polar surface area (TPSA) is 95.7 Å². The average molecular weight is 432 g/mol. The summed E-state index contributed by atoms with van der Waals surface area (Å²) in [6, 6.07) is 7.08. The molecule has 4 rings (SSSR count). The van der Waals surface area contributed by atoms with Crippen LogP contribution in [0.15, 0.2) is 40.1 Å². The summed E-state index contributed by atoms with van der Waals surface area (Å²) in [5.74, 6) is 0.558. The molecule has 0 radical (unpaired) electrons. The number of aryl methyl sites for hydroxylation is 2. The highest BCUT2D eigenvalue weighted by atomic mass is 35.5. The molecule has 1 aromatic carbocycles. The molecule has 3 heterocycles. The van der Waals surface area contributed by atoms with Crippen molar-refractivity contribution >= 4 is 28.5 Å². The monoisotopic (exact) mass is 431 g/mol. The molecule has 0 saturated carbocycles. The molecule has 0 spiro atoms. The highest BCUT2D eigenvalue weighted by molar-refractivity contribution is 6.30. The maximum atomic E-state index is 13.3. The lowest BCUT2D eigenvalue weighted by molar-refractivity contribution is 0.0872. The van der Waals surface area contributed by atoms with Crippen LogP contribution >= 0.6 is 11.6 Å². The second-order valence-electron chi connectivity index (χ2n) is 7.07. The van der Waals surface area contributed by atoms with E-state index < -0.39 is 11.2 Å². The van der Waals surface area contributed by atoms with Crippen LogP contribution in [0.4, 0.5) is 0 Å². The first-order valence-electron chi connectivity index (χ1n) is 9.53. The summed E-state index contributed by atoms with van der Waals surface area (Å²) >= 11 is 6.05. The fourth-order valence-electron chi connectivity index (χ4n) is 3.61. The first-order chi connectivity index (χ1) is 14.4. The van der Waals surface area contributed by atoms with Crippen LogP contribution in [0, 0.1) is 6.92 Å². The van der Waals surface area contributed by atoms with Gasteiger partial charge in [-0.3, -0.25) is 18.3 Å². The Kier molecular flexibility index (Phi) is 5.50. The van der Waals surface area contributed by atoms with Crippen molar-refractivity contribution < 1.29 is 9.84 Å². The molecule has 0 saturated heterocycles. The lowest BCUT2D eigenvalue weighted by atomic mass is 10.2. The van der Waals surface area contributed by atoms with E-state index in [0.717, 1.165) is 11.3 Å². The summed E-state index contributed by atoms with van der Waals surface area (Å²) in [5, 5.41) is 9.40. The van der Waals surface area contributed by atoms with Gasteiger partial charge in [-0.05, 0) is 24.6 Å². The molecule has 0 amide bonds. The second-order valence-corrected chi connectivity index (χ2v) is 7.51. The SMILES string of the molecule is Cc1cn2c3c(=O)n(Cc4cccc(Cl)c4)c(=O)n(C)c3nc2n1CCOCCO. The number of aliphatic hydroxyl groups is 1. The standard InChI is InChI=1S/C20H22ClN5O4/c1-13-11-25-16-17(22-19(25)24(13)6-8-30-9-7-27)23(2)20(29)26(18(16)28)12-14-4-3-5-15(21)10-14/h3-5,10-11,27H,6-9,12H2,1-2H3. The average Bonchev–Trinajstić information content (AvgIpc) is 3.22. The zero-order chi connectivity index (χ0) is 21.4. The van der Waals surface area contributed by atoms with E-state index in [1.807, 2.05) is 23.8 Å². The Morgan fingerprint density at radius 3 is 2.73 bits per heavy atom. The number of nitrogens with zero attached hydrogens (tertiary/aromatic N) is 5. The molecule has 10 heteroatoms. The third kappa shape index (κ3) is 3.45. The summed E-state index contributed by atoms with van der Waals surface area (Å²) in [6.45, 7) is 3.16. The molecule has 0 atom stereocenters. The lowest BCUT2D eigenvalue weighted by Gasteiger charge is -2.08. The number of fused-ring (bicyclic) bond motifs is 3. The number of benzene rings is 1. The van der Waals surface area contributed by atoms with E-state index >= 15 is 0 Å². The number of ether oxygens (including phenoxy) is 1. The zero-order valence-electron chi connectivity index (χ0n) is 16.7. The van der Waals surface area contributed by atoms with Crippen LogP contribution in [0.3, 0.4) is 0 Å². The predicted molar refractivity (Wildman–Crippen MR) is 113 cm³/mol. The van der Waals surface area contributed by atoms with Crippen LogP contribution in [0.2, 0.25) is 5.02 Å². The molecule has 0 bridgehead atoms. The predicted octanol–water partition coefficient (Wildman–Crippen LogP) is 1.17. The summed E-state index contributed by atoms with van der Waals surface area (Å²) in [6.07, 6.45) is 1.83. The van der Waals surface area contributed by atoms with Crippen molar-refractivity contribution in [3.8, 4) is 0 Å². The minimum absolute atomic E-state index is 0.0401. The Labute approximate surface area is 176 Å². The normalized spacial score (nSPS) is 11.7. The third-order valence-corrected chi connectivity index (χ3v) is 5.30. The van der Waals surface area contributed by atoms with Gasteiger partial charge in [0.05, 0.1) is 26.4 Å². The van der Waals surface area contributed by atoms with Crippen LogP contribution in [0.5, 0.6) is 0 Å². The van der Waals surface area contributed by atoms with Gasteiger partial charge < -0.3 is 14.4 Å². The van der Waals surface area contributed by atoms with Gasteiger partial charge in [0.15, 0.2) is 11.2 Å². The summed E-state index contributed by atoms with van der Waals surface area (Å²) < 4.78 is 11.6. The van der Waals surface area contributed by atoms with Crippen molar-refractivity contribution in [2.45, 2.75) is 20.0 Å². The summed E-state index contributed by atoms with van der Waals surface area (Å²) in [4.78, 5) is 30.7. The van der Waals surface area contributed by atoms with E-state index in [0.29, 0.717) is 35.1 Å². The van der Waals surface area contributed by atoms with Crippen LogP contribution in [-0.2, 0) is 24.9 Å². The summed E-state index contributed by atoms with van der Waals surface area (Å²) in [5.41, 5.74) is 1.48. The van der Waals surface area contributed by atoms with E-state index in [1.165, 1.54) is 9.13 Å². The van der Waals surface area contributed by atoms with E-state index in [2.05, 4.69) is 4.98 Å². The smallest absolute Gasteiger partial charge is 0.332 e. The van der Waals surface area contributed by atoms with Crippen molar-refractivity contribution in [3.05, 3.63) is 67.6 Å². The number of aliphatic hydroxyl groups excluding tert-OH is 1. The van der Waals surface area contributed by atoms with E-state index in [-0.39, 0.29) is 19.8 Å². The van der Waals surface area contributed by atoms with Crippen LogP contribution < -0.4 is 11.2 Å². The van der Waals surface area contributed by atoms with E-state index in [4.69, 9.17) is 21.4 Å². The highest BCUT2D eigenvalue weighted by Gasteiger charge is 2.20. The number of aromatic nitrogens is 5.